The van der Waals surface area contributed by atoms with E-state index in [-0.39, 0.29) is 25.8 Å². The van der Waals surface area contributed by atoms with E-state index in [1.165, 1.54) is 122 Å². The number of rotatable bonds is 39. The van der Waals surface area contributed by atoms with E-state index in [0.717, 1.165) is 44.9 Å². The molecule has 0 spiro atoms. The van der Waals surface area contributed by atoms with Gasteiger partial charge >= 0.3 is 13.8 Å². The van der Waals surface area contributed by atoms with Crippen molar-refractivity contribution in [3.63, 3.8) is 0 Å². The molecule has 0 rings (SSSR count). The van der Waals surface area contributed by atoms with Gasteiger partial charge in [0.2, 0.25) is 0 Å². The summed E-state index contributed by atoms with van der Waals surface area (Å²) in [7, 11) is 1.63. The number of ether oxygens (including phenoxy) is 2. The molecule has 0 radical (unpaired) electrons. The van der Waals surface area contributed by atoms with Gasteiger partial charge in [0, 0.05) is 6.42 Å². The second-order valence-electron chi connectivity index (χ2n) is 15.4. The first-order chi connectivity index (χ1) is 24.6. The zero-order valence-corrected chi connectivity index (χ0v) is 35.0. The second-order valence-corrected chi connectivity index (χ2v) is 16.9. The summed E-state index contributed by atoms with van der Waals surface area (Å²) in [5, 5.41) is 0. The van der Waals surface area contributed by atoms with Crippen LogP contribution >= 0.6 is 7.82 Å². The zero-order chi connectivity index (χ0) is 37.7. The molecule has 9 heteroatoms. The molecule has 51 heavy (non-hydrogen) atoms. The van der Waals surface area contributed by atoms with Crippen LogP contribution in [0.3, 0.4) is 0 Å². The monoisotopic (exact) mass is 745 g/mol. The van der Waals surface area contributed by atoms with Gasteiger partial charge in [0.1, 0.15) is 19.8 Å². The van der Waals surface area contributed by atoms with Gasteiger partial charge in [-0.05, 0) is 51.0 Å². The third-order valence-electron chi connectivity index (χ3n) is 9.08. The van der Waals surface area contributed by atoms with Gasteiger partial charge in [-0.3, -0.25) is 13.8 Å². The smallest absolute Gasteiger partial charge is 0.472 e. The largest absolute Gasteiger partial charge is 0.498 e. The Bertz CT molecular complexity index is 874. The first kappa shape index (κ1) is 49.8. The van der Waals surface area contributed by atoms with Gasteiger partial charge in [-0.1, -0.05) is 148 Å². The number of phosphoric acid groups is 1. The summed E-state index contributed by atoms with van der Waals surface area (Å²) in [6.07, 6.45) is 40.1. The molecule has 0 aliphatic heterocycles. The number of esters is 1. The molecule has 0 aromatic heterocycles. The molecule has 0 bridgehead atoms. The Labute approximate surface area is 315 Å². The Balaban J connectivity index is 4.33. The van der Waals surface area contributed by atoms with Crippen molar-refractivity contribution in [1.29, 1.82) is 0 Å². The number of carbonyl (C=O) groups excluding carboxylic acids is 1. The molecule has 2 atom stereocenters. The average Bonchev–Trinajstić information content (AvgIpc) is 3.08. The lowest BCUT2D eigenvalue weighted by atomic mass is 10.0. The molecule has 0 heterocycles. The molecule has 0 fully saturated rings. The van der Waals surface area contributed by atoms with E-state index in [9.17, 15) is 14.3 Å². The van der Waals surface area contributed by atoms with Crippen LogP contribution in [-0.4, -0.2) is 69.0 Å². The lowest BCUT2D eigenvalue weighted by molar-refractivity contribution is -0.870. The van der Waals surface area contributed by atoms with Crippen molar-refractivity contribution < 1.29 is 37.3 Å². The van der Waals surface area contributed by atoms with Crippen molar-refractivity contribution in [3.8, 4) is 0 Å². The molecular weight excluding hydrogens is 661 g/mol. The predicted molar refractivity (Wildman–Crippen MR) is 215 cm³/mol. The maximum Gasteiger partial charge on any atom is 0.472 e. The van der Waals surface area contributed by atoms with Crippen LogP contribution in [0.25, 0.3) is 0 Å². The van der Waals surface area contributed by atoms with Crippen molar-refractivity contribution in [2.45, 2.75) is 193 Å². The highest BCUT2D eigenvalue weighted by Gasteiger charge is 2.26. The zero-order valence-electron chi connectivity index (χ0n) is 34.1. The summed E-state index contributed by atoms with van der Waals surface area (Å²) in [6.45, 7) is 4.92. The summed E-state index contributed by atoms with van der Waals surface area (Å²) in [4.78, 5) is 22.8. The minimum Gasteiger partial charge on any atom is -0.498 e. The minimum atomic E-state index is -4.29. The molecular formula is C42H83NO7P+. The first-order valence-corrected chi connectivity index (χ1v) is 22.6. The highest BCUT2D eigenvalue weighted by molar-refractivity contribution is 7.47. The third-order valence-corrected chi connectivity index (χ3v) is 10.1. The third kappa shape index (κ3) is 39.9. The number of quaternary nitrogens is 1. The van der Waals surface area contributed by atoms with E-state index < -0.39 is 13.9 Å². The second kappa shape index (κ2) is 35.8. The van der Waals surface area contributed by atoms with Crippen molar-refractivity contribution in [2.24, 2.45) is 0 Å². The molecule has 1 unspecified atom stereocenters. The van der Waals surface area contributed by atoms with E-state index in [2.05, 4.69) is 26.0 Å². The normalized spacial score (nSPS) is 14.0. The number of likely N-dealkylation sites (N-methyl/N-ethyl adjacent to an activating group) is 1. The Morgan fingerprint density at radius 1 is 0.608 bits per heavy atom. The molecule has 0 aliphatic carbocycles. The summed E-state index contributed by atoms with van der Waals surface area (Å²) >= 11 is 0. The highest BCUT2D eigenvalue weighted by Crippen LogP contribution is 2.43. The highest BCUT2D eigenvalue weighted by atomic mass is 31.2. The lowest BCUT2D eigenvalue weighted by Gasteiger charge is -2.24. The van der Waals surface area contributed by atoms with Crippen molar-refractivity contribution in [2.75, 3.05) is 47.5 Å². The SMILES string of the molecule is CCCCCCCCCC/C=C/CCCCCC(=O)O[C@H](CO/C=C/CCCCCCCCCCCCCC)COP(=O)(O)OCC[N+](C)(C)C. The molecule has 302 valence electrons. The number of hydrogen-bond acceptors (Lipinski definition) is 6. The van der Waals surface area contributed by atoms with Gasteiger partial charge in [-0.25, -0.2) is 4.57 Å². The summed E-state index contributed by atoms with van der Waals surface area (Å²) in [5.74, 6) is -0.350. The number of carbonyl (C=O) groups is 1. The van der Waals surface area contributed by atoms with Crippen LogP contribution in [0, 0.1) is 0 Å². The van der Waals surface area contributed by atoms with E-state index in [1.54, 1.807) is 6.26 Å². The van der Waals surface area contributed by atoms with Crippen LogP contribution in [0.1, 0.15) is 187 Å². The van der Waals surface area contributed by atoms with E-state index in [0.29, 0.717) is 17.4 Å². The number of phosphoric ester groups is 1. The Morgan fingerprint density at radius 3 is 1.51 bits per heavy atom. The molecule has 0 saturated carbocycles. The number of nitrogens with zero attached hydrogens (tertiary/aromatic N) is 1. The summed E-state index contributed by atoms with van der Waals surface area (Å²) in [5.41, 5.74) is 0. The van der Waals surface area contributed by atoms with Gasteiger partial charge in [-0.15, -0.1) is 0 Å². The van der Waals surface area contributed by atoms with Gasteiger partial charge in [-0.2, -0.15) is 0 Å². The van der Waals surface area contributed by atoms with Crippen LogP contribution < -0.4 is 0 Å². The van der Waals surface area contributed by atoms with Crippen LogP contribution in [0.4, 0.5) is 0 Å². The van der Waals surface area contributed by atoms with Crippen LogP contribution in [0.2, 0.25) is 0 Å². The fourth-order valence-corrected chi connectivity index (χ4v) is 6.49. The predicted octanol–water partition coefficient (Wildman–Crippen LogP) is 12.4. The molecule has 0 saturated heterocycles. The number of hydrogen-bond donors (Lipinski definition) is 1. The maximum absolute atomic E-state index is 12.6. The van der Waals surface area contributed by atoms with E-state index in [1.807, 2.05) is 27.2 Å². The number of unbranched alkanes of at least 4 members (excludes halogenated alkanes) is 23. The fraction of sp³-hybridized carbons (Fsp3) is 0.881. The number of allylic oxidation sites excluding steroid dienone is 3. The molecule has 0 aliphatic rings. The summed E-state index contributed by atoms with van der Waals surface area (Å²) in [6, 6.07) is 0. The maximum atomic E-state index is 12.6. The molecule has 0 aromatic rings. The Hall–Kier alpha value is -1.18. The van der Waals surface area contributed by atoms with Crippen LogP contribution in [-0.2, 0) is 27.9 Å². The lowest BCUT2D eigenvalue weighted by Crippen LogP contribution is -2.37. The molecule has 0 aromatic carbocycles. The van der Waals surface area contributed by atoms with Crippen LogP contribution in [0.15, 0.2) is 24.5 Å². The van der Waals surface area contributed by atoms with Crippen LogP contribution in [0.5, 0.6) is 0 Å². The molecule has 8 nitrogen and oxygen atoms in total. The van der Waals surface area contributed by atoms with Gasteiger partial charge in [0.25, 0.3) is 0 Å². The van der Waals surface area contributed by atoms with E-state index in [4.69, 9.17) is 18.5 Å². The summed E-state index contributed by atoms with van der Waals surface area (Å²) < 4.78 is 34.7. The van der Waals surface area contributed by atoms with Crippen molar-refractivity contribution >= 4 is 13.8 Å². The first-order valence-electron chi connectivity index (χ1n) is 21.1. The minimum absolute atomic E-state index is 0.0449. The van der Waals surface area contributed by atoms with Gasteiger partial charge < -0.3 is 18.9 Å². The molecule has 0 amide bonds. The Morgan fingerprint density at radius 2 is 1.04 bits per heavy atom. The topological polar surface area (TPSA) is 91.3 Å². The standard InChI is InChI=1S/C42H82NO7P/c1-6-8-10-12-14-16-18-20-22-23-25-27-29-31-33-35-42(44)50-41(40-49-51(45,46)48-38-36-43(3,4)5)39-47-37-34-32-30-28-26-24-21-19-17-15-13-11-9-7-2/h23,25,34,37,41H,6-22,24,26-33,35-36,38-40H2,1-5H3/p+1/b25-23+,37-34+/t41-/m1/s1. The van der Waals surface area contributed by atoms with Crippen molar-refractivity contribution in [1.82, 2.24) is 0 Å². The van der Waals surface area contributed by atoms with Gasteiger partial charge in [0.15, 0.2) is 6.10 Å². The quantitative estimate of drug-likeness (QED) is 0.0167. The van der Waals surface area contributed by atoms with Gasteiger partial charge in [0.05, 0.1) is 34.0 Å². The van der Waals surface area contributed by atoms with E-state index >= 15 is 0 Å². The fourth-order valence-electron chi connectivity index (χ4n) is 5.75. The Kier molecular flexibility index (Phi) is 35.0. The van der Waals surface area contributed by atoms with Crippen molar-refractivity contribution in [3.05, 3.63) is 24.5 Å². The average molecular weight is 745 g/mol. The molecule has 1 N–H and O–H groups in total.